The quantitative estimate of drug-likeness (QED) is 0.256. The van der Waals surface area contributed by atoms with Crippen LogP contribution in [0.5, 0.6) is 0 Å². The van der Waals surface area contributed by atoms with Crippen LogP contribution in [-0.2, 0) is 30.5 Å². The molecule has 0 saturated carbocycles. The highest BCUT2D eigenvalue weighted by Crippen LogP contribution is 2.16. The van der Waals surface area contributed by atoms with E-state index >= 15 is 0 Å². The van der Waals surface area contributed by atoms with E-state index in [1.807, 2.05) is 0 Å². The summed E-state index contributed by atoms with van der Waals surface area (Å²) in [5.41, 5.74) is -1.79. The molecule has 0 aliphatic rings. The second kappa shape index (κ2) is 8.25. The fraction of sp³-hybridized carbons (Fsp3) is 0.357. The highest BCUT2D eigenvalue weighted by Gasteiger charge is 2.44. The van der Waals surface area contributed by atoms with Crippen LogP contribution in [0.2, 0.25) is 0 Å². The molecule has 130 valence electrons. The first kappa shape index (κ1) is 19.4. The van der Waals surface area contributed by atoms with E-state index in [1.165, 1.54) is 24.3 Å². The van der Waals surface area contributed by atoms with Crippen LogP contribution in [0, 0.1) is 10.1 Å². The van der Waals surface area contributed by atoms with E-state index in [0.717, 1.165) is 13.8 Å². The zero-order valence-corrected chi connectivity index (χ0v) is 13.7. The lowest BCUT2D eigenvalue weighted by Crippen LogP contribution is -2.59. The Morgan fingerprint density at radius 2 is 1.83 bits per heavy atom. The number of rotatable bonds is 7. The van der Waals surface area contributed by atoms with E-state index in [-0.39, 0.29) is 12.3 Å². The molecule has 1 amide bonds. The molecule has 0 saturated heterocycles. The molecule has 0 bridgehead atoms. The van der Waals surface area contributed by atoms with Crippen LogP contribution in [0.3, 0.4) is 0 Å². The summed E-state index contributed by atoms with van der Waals surface area (Å²) in [6.07, 6.45) is 0. The smallest absolute Gasteiger partial charge is 0.374 e. The fourth-order valence-corrected chi connectivity index (χ4v) is 1.97. The van der Waals surface area contributed by atoms with Gasteiger partial charge in [-0.2, -0.15) is 0 Å². The lowest BCUT2D eigenvalue weighted by Gasteiger charge is -2.29. The molecule has 1 N–H and O–H groups in total. The number of halogens is 1. The predicted molar refractivity (Wildman–Crippen MR) is 81.9 cm³/mol. The lowest BCUT2D eigenvalue weighted by molar-refractivity contribution is -0.384. The molecule has 1 rings (SSSR count). The highest BCUT2D eigenvalue weighted by molar-refractivity contribution is 6.20. The average molecular weight is 359 g/mol. The van der Waals surface area contributed by atoms with E-state index in [2.05, 4.69) is 5.32 Å². The third-order valence-corrected chi connectivity index (χ3v) is 3.11. The van der Waals surface area contributed by atoms with Gasteiger partial charge in [0.2, 0.25) is 5.91 Å². The molecule has 0 heterocycles. The van der Waals surface area contributed by atoms with Crippen molar-refractivity contribution in [1.29, 1.82) is 0 Å². The van der Waals surface area contributed by atoms with Crippen molar-refractivity contribution in [3.05, 3.63) is 39.9 Å². The van der Waals surface area contributed by atoms with Gasteiger partial charge in [-0.05, 0) is 17.7 Å². The molecule has 9 nitrogen and oxygen atoms in total. The Balaban J connectivity index is 2.85. The van der Waals surface area contributed by atoms with Crippen molar-refractivity contribution in [1.82, 2.24) is 5.32 Å². The molecular formula is C14H15ClN2O7. The van der Waals surface area contributed by atoms with Gasteiger partial charge in [-0.1, -0.05) is 0 Å². The zero-order chi connectivity index (χ0) is 18.3. The number of hydrogen-bond donors (Lipinski definition) is 1. The summed E-state index contributed by atoms with van der Waals surface area (Å²) in [5, 5.41) is 12.7. The van der Waals surface area contributed by atoms with Crippen LogP contribution < -0.4 is 5.32 Å². The number of esters is 2. The van der Waals surface area contributed by atoms with Gasteiger partial charge in [0.15, 0.2) is 0 Å². The first-order chi connectivity index (χ1) is 11.2. The fourth-order valence-electron chi connectivity index (χ4n) is 1.74. The Morgan fingerprint density at radius 3 is 2.25 bits per heavy atom. The summed E-state index contributed by atoms with van der Waals surface area (Å²) in [5.74, 6) is -3.10. The number of nitrogens with zero attached hydrogens (tertiary/aromatic N) is 1. The Kier molecular flexibility index (Phi) is 6.66. The van der Waals surface area contributed by atoms with Crippen molar-refractivity contribution < 1.29 is 28.8 Å². The molecule has 0 aromatic heterocycles. The second-order valence-electron chi connectivity index (χ2n) is 4.74. The number of amides is 1. The number of non-ortho nitro benzene ring substituents is 1. The number of hydrogen-bond acceptors (Lipinski definition) is 7. The van der Waals surface area contributed by atoms with E-state index < -0.39 is 34.4 Å². The second-order valence-corrected chi connectivity index (χ2v) is 5.00. The largest absolute Gasteiger partial charge is 0.456 e. The Bertz CT molecular complexity index is 629. The van der Waals surface area contributed by atoms with E-state index in [0.29, 0.717) is 5.56 Å². The minimum Gasteiger partial charge on any atom is -0.456 e. The first-order valence-electron chi connectivity index (χ1n) is 6.65. The standard InChI is InChI=1S/C14H15ClN2O7/c1-9(18)16-14(8-15,24-10(2)19)13(20)23-7-11-3-5-12(6-4-11)17(21)22/h3-6H,7-8H2,1-2H3,(H,16,18)/t14-/m1/s1. The number of ether oxygens (including phenoxy) is 2. The molecule has 0 aliphatic carbocycles. The van der Waals surface area contributed by atoms with Gasteiger partial charge in [-0.15, -0.1) is 11.6 Å². The molecular weight excluding hydrogens is 344 g/mol. The Morgan fingerprint density at radius 1 is 1.25 bits per heavy atom. The van der Waals surface area contributed by atoms with Crippen molar-refractivity contribution in [3.8, 4) is 0 Å². The summed E-state index contributed by atoms with van der Waals surface area (Å²) >= 11 is 5.68. The van der Waals surface area contributed by atoms with Gasteiger partial charge in [-0.25, -0.2) is 4.79 Å². The van der Waals surface area contributed by atoms with Gasteiger partial charge in [0.05, 0.1) is 10.8 Å². The van der Waals surface area contributed by atoms with Crippen molar-refractivity contribution in [2.45, 2.75) is 26.2 Å². The number of nitro groups is 1. The molecule has 1 aromatic carbocycles. The molecule has 0 radical (unpaired) electrons. The monoisotopic (exact) mass is 358 g/mol. The number of carbonyl (C=O) groups excluding carboxylic acids is 3. The van der Waals surface area contributed by atoms with Crippen molar-refractivity contribution >= 4 is 35.1 Å². The molecule has 0 fully saturated rings. The number of benzene rings is 1. The lowest BCUT2D eigenvalue weighted by atomic mass is 10.2. The van der Waals surface area contributed by atoms with Gasteiger partial charge < -0.3 is 14.8 Å². The van der Waals surface area contributed by atoms with Gasteiger partial charge in [-0.3, -0.25) is 19.7 Å². The Hall–Kier alpha value is -2.68. The maximum absolute atomic E-state index is 12.2. The summed E-state index contributed by atoms with van der Waals surface area (Å²) in [4.78, 5) is 44.6. The number of nitrogens with one attached hydrogen (secondary N) is 1. The van der Waals surface area contributed by atoms with Crippen LogP contribution in [0.4, 0.5) is 5.69 Å². The molecule has 0 unspecified atom stereocenters. The topological polar surface area (TPSA) is 125 Å². The van der Waals surface area contributed by atoms with Crippen LogP contribution in [0.25, 0.3) is 0 Å². The van der Waals surface area contributed by atoms with Gasteiger partial charge in [0.1, 0.15) is 6.61 Å². The molecule has 24 heavy (non-hydrogen) atoms. The SMILES string of the molecule is CC(=O)N[C@](CCl)(OC(C)=O)C(=O)OCc1ccc([N+](=O)[O-])cc1. The maximum atomic E-state index is 12.2. The van der Waals surface area contributed by atoms with Crippen LogP contribution in [0.15, 0.2) is 24.3 Å². The Labute approximate surface area is 142 Å². The third kappa shape index (κ3) is 5.20. The highest BCUT2D eigenvalue weighted by atomic mass is 35.5. The minimum atomic E-state index is -2.14. The van der Waals surface area contributed by atoms with Crippen LogP contribution in [0.1, 0.15) is 19.4 Å². The predicted octanol–water partition coefficient (Wildman–Crippen LogP) is 1.27. The van der Waals surface area contributed by atoms with E-state index in [1.54, 1.807) is 0 Å². The van der Waals surface area contributed by atoms with Crippen molar-refractivity contribution in [3.63, 3.8) is 0 Å². The zero-order valence-electron chi connectivity index (χ0n) is 12.9. The van der Waals surface area contributed by atoms with E-state index in [9.17, 15) is 24.5 Å². The summed E-state index contributed by atoms with van der Waals surface area (Å²) in [6, 6.07) is 5.30. The van der Waals surface area contributed by atoms with Crippen molar-refractivity contribution in [2.24, 2.45) is 0 Å². The van der Waals surface area contributed by atoms with Gasteiger partial charge in [0, 0.05) is 26.0 Å². The van der Waals surface area contributed by atoms with Crippen LogP contribution in [-0.4, -0.2) is 34.4 Å². The molecule has 10 heteroatoms. The molecule has 0 aliphatic heterocycles. The summed E-state index contributed by atoms with van der Waals surface area (Å²) < 4.78 is 9.83. The van der Waals surface area contributed by atoms with E-state index in [4.69, 9.17) is 21.1 Å². The number of nitro benzene ring substituents is 1. The van der Waals surface area contributed by atoms with Gasteiger partial charge in [0.25, 0.3) is 11.4 Å². The minimum absolute atomic E-state index is 0.113. The van der Waals surface area contributed by atoms with Crippen molar-refractivity contribution in [2.75, 3.05) is 5.88 Å². The molecule has 1 atom stereocenters. The summed E-state index contributed by atoms with van der Waals surface area (Å²) in [6.45, 7) is 1.91. The maximum Gasteiger partial charge on any atom is 0.374 e. The molecule has 1 aromatic rings. The number of alkyl halides is 1. The molecule has 0 spiro atoms. The van der Waals surface area contributed by atoms with Gasteiger partial charge >= 0.3 is 11.9 Å². The summed E-state index contributed by atoms with van der Waals surface area (Å²) in [7, 11) is 0. The average Bonchev–Trinajstić information content (AvgIpc) is 2.51. The van der Waals surface area contributed by atoms with Crippen LogP contribution >= 0.6 is 11.6 Å². The third-order valence-electron chi connectivity index (χ3n) is 2.73. The first-order valence-corrected chi connectivity index (χ1v) is 7.18. The normalized spacial score (nSPS) is 12.6. The number of carbonyl (C=O) groups is 3.